The van der Waals surface area contributed by atoms with E-state index in [-0.39, 0.29) is 0 Å². The Morgan fingerprint density at radius 3 is 2.44 bits per heavy atom. The molecule has 0 fully saturated rings. The predicted octanol–water partition coefficient (Wildman–Crippen LogP) is 2.11. The molecule has 50 valence electrons. The standard InChI is InChI=1S/C7H11NO/c1-5(2)7-8-6(3)4-9-7/h4-5H,1-3H3. The second kappa shape index (κ2) is 2.21. The van der Waals surface area contributed by atoms with Crippen molar-refractivity contribution in [3.8, 4) is 0 Å². The molecule has 0 aliphatic rings. The zero-order valence-electron chi connectivity index (χ0n) is 6.01. The maximum Gasteiger partial charge on any atom is 0.196 e. The fraction of sp³-hybridized carbons (Fsp3) is 0.571. The Bertz CT molecular complexity index is 191. The maximum absolute atomic E-state index is 5.11. The first-order valence-electron chi connectivity index (χ1n) is 3.12. The van der Waals surface area contributed by atoms with Gasteiger partial charge in [-0.2, -0.15) is 0 Å². The van der Waals surface area contributed by atoms with E-state index in [9.17, 15) is 0 Å². The van der Waals surface area contributed by atoms with Crippen LogP contribution in [0.5, 0.6) is 0 Å². The predicted molar refractivity (Wildman–Crippen MR) is 35.3 cm³/mol. The minimum Gasteiger partial charge on any atom is -0.448 e. The molecule has 0 bridgehead atoms. The normalized spacial score (nSPS) is 10.7. The lowest BCUT2D eigenvalue weighted by atomic mass is 10.2. The number of hydrogen-bond donors (Lipinski definition) is 0. The van der Waals surface area contributed by atoms with E-state index < -0.39 is 0 Å². The van der Waals surface area contributed by atoms with Gasteiger partial charge in [0.15, 0.2) is 5.89 Å². The molecule has 9 heavy (non-hydrogen) atoms. The van der Waals surface area contributed by atoms with Gasteiger partial charge in [-0.25, -0.2) is 4.98 Å². The molecule has 2 heteroatoms. The van der Waals surface area contributed by atoms with Crippen molar-refractivity contribution in [3.63, 3.8) is 0 Å². The molecular formula is C7H11NO. The third kappa shape index (κ3) is 1.31. The summed E-state index contributed by atoms with van der Waals surface area (Å²) in [7, 11) is 0. The van der Waals surface area contributed by atoms with E-state index in [1.807, 2.05) is 6.92 Å². The largest absolute Gasteiger partial charge is 0.448 e. The van der Waals surface area contributed by atoms with Gasteiger partial charge in [-0.15, -0.1) is 0 Å². The van der Waals surface area contributed by atoms with Crippen LogP contribution in [0.3, 0.4) is 0 Å². The van der Waals surface area contributed by atoms with Crippen molar-refractivity contribution in [1.29, 1.82) is 0 Å². The van der Waals surface area contributed by atoms with Gasteiger partial charge in [0.05, 0.1) is 5.69 Å². The van der Waals surface area contributed by atoms with Crippen LogP contribution >= 0.6 is 0 Å². The van der Waals surface area contributed by atoms with E-state index in [1.165, 1.54) is 0 Å². The summed E-state index contributed by atoms with van der Waals surface area (Å²) in [4.78, 5) is 4.14. The molecule has 0 unspecified atom stereocenters. The summed E-state index contributed by atoms with van der Waals surface area (Å²) in [5, 5.41) is 0. The van der Waals surface area contributed by atoms with E-state index in [0.29, 0.717) is 5.92 Å². The van der Waals surface area contributed by atoms with E-state index in [0.717, 1.165) is 11.6 Å². The molecule has 1 rings (SSSR count). The fourth-order valence-electron chi connectivity index (χ4n) is 0.637. The zero-order valence-corrected chi connectivity index (χ0v) is 6.01. The molecule has 0 N–H and O–H groups in total. The Balaban J connectivity index is 2.85. The molecule has 0 aliphatic heterocycles. The van der Waals surface area contributed by atoms with Gasteiger partial charge in [-0.1, -0.05) is 13.8 Å². The highest BCUT2D eigenvalue weighted by Crippen LogP contribution is 2.11. The zero-order chi connectivity index (χ0) is 6.85. The van der Waals surface area contributed by atoms with Gasteiger partial charge in [0.1, 0.15) is 6.26 Å². The van der Waals surface area contributed by atoms with Crippen LogP contribution in [0.25, 0.3) is 0 Å². The molecule has 0 saturated carbocycles. The van der Waals surface area contributed by atoms with Crippen LogP contribution in [0.15, 0.2) is 10.7 Å². The molecule has 1 aromatic rings. The molecule has 0 amide bonds. The van der Waals surface area contributed by atoms with Gasteiger partial charge in [-0.05, 0) is 6.92 Å². The van der Waals surface area contributed by atoms with Crippen molar-refractivity contribution in [1.82, 2.24) is 4.98 Å². The molecule has 0 aromatic carbocycles. The number of rotatable bonds is 1. The van der Waals surface area contributed by atoms with Crippen LogP contribution in [-0.2, 0) is 0 Å². The van der Waals surface area contributed by atoms with Crippen molar-refractivity contribution >= 4 is 0 Å². The molecule has 1 aromatic heterocycles. The van der Waals surface area contributed by atoms with Crippen molar-refractivity contribution in [2.24, 2.45) is 0 Å². The summed E-state index contributed by atoms with van der Waals surface area (Å²) >= 11 is 0. The Kier molecular flexibility index (Phi) is 1.56. The average molecular weight is 125 g/mol. The third-order valence-corrected chi connectivity index (χ3v) is 1.13. The maximum atomic E-state index is 5.11. The van der Waals surface area contributed by atoms with Crippen molar-refractivity contribution in [3.05, 3.63) is 17.8 Å². The first-order chi connectivity index (χ1) is 4.20. The van der Waals surface area contributed by atoms with Crippen molar-refractivity contribution < 1.29 is 4.42 Å². The number of oxazole rings is 1. The topological polar surface area (TPSA) is 26.0 Å². The Labute approximate surface area is 54.9 Å². The summed E-state index contributed by atoms with van der Waals surface area (Å²) in [6.45, 7) is 6.05. The lowest BCUT2D eigenvalue weighted by molar-refractivity contribution is 0.471. The highest BCUT2D eigenvalue weighted by atomic mass is 16.3. The Morgan fingerprint density at radius 2 is 2.22 bits per heavy atom. The van der Waals surface area contributed by atoms with Gasteiger partial charge >= 0.3 is 0 Å². The first-order valence-corrected chi connectivity index (χ1v) is 3.12. The molecule has 0 atom stereocenters. The van der Waals surface area contributed by atoms with E-state index in [1.54, 1.807) is 6.26 Å². The fourth-order valence-corrected chi connectivity index (χ4v) is 0.637. The summed E-state index contributed by atoms with van der Waals surface area (Å²) in [5.41, 5.74) is 0.957. The summed E-state index contributed by atoms with van der Waals surface area (Å²) in [6, 6.07) is 0. The molecule has 0 spiro atoms. The second-order valence-electron chi connectivity index (χ2n) is 2.48. The smallest absolute Gasteiger partial charge is 0.196 e. The molecule has 1 heterocycles. The van der Waals surface area contributed by atoms with E-state index >= 15 is 0 Å². The number of aromatic nitrogens is 1. The van der Waals surface area contributed by atoms with E-state index in [2.05, 4.69) is 18.8 Å². The molecule has 2 nitrogen and oxygen atoms in total. The van der Waals surface area contributed by atoms with Crippen molar-refractivity contribution in [2.75, 3.05) is 0 Å². The van der Waals surface area contributed by atoms with Crippen LogP contribution in [0.4, 0.5) is 0 Å². The number of aryl methyl sites for hydroxylation is 1. The highest BCUT2D eigenvalue weighted by molar-refractivity contribution is 4.95. The molecular weight excluding hydrogens is 114 g/mol. The van der Waals surface area contributed by atoms with Gasteiger partial charge in [0.2, 0.25) is 0 Å². The van der Waals surface area contributed by atoms with Crippen LogP contribution in [0, 0.1) is 6.92 Å². The lowest BCUT2D eigenvalue weighted by Crippen LogP contribution is -1.85. The second-order valence-corrected chi connectivity index (χ2v) is 2.48. The molecule has 0 radical (unpaired) electrons. The monoisotopic (exact) mass is 125 g/mol. The Hall–Kier alpha value is -0.790. The van der Waals surface area contributed by atoms with Crippen molar-refractivity contribution in [2.45, 2.75) is 26.7 Å². The van der Waals surface area contributed by atoms with Gasteiger partial charge in [0, 0.05) is 5.92 Å². The minimum absolute atomic E-state index is 0.402. The minimum atomic E-state index is 0.402. The summed E-state index contributed by atoms with van der Waals surface area (Å²) in [5.74, 6) is 1.23. The number of nitrogens with zero attached hydrogens (tertiary/aromatic N) is 1. The van der Waals surface area contributed by atoms with E-state index in [4.69, 9.17) is 4.42 Å². The van der Waals surface area contributed by atoms with Gasteiger partial charge in [-0.3, -0.25) is 0 Å². The highest BCUT2D eigenvalue weighted by Gasteiger charge is 2.03. The quantitative estimate of drug-likeness (QED) is 0.574. The van der Waals surface area contributed by atoms with Crippen LogP contribution in [0.1, 0.15) is 31.4 Å². The first kappa shape index (κ1) is 6.33. The number of hydrogen-bond acceptors (Lipinski definition) is 2. The van der Waals surface area contributed by atoms with Crippen LogP contribution < -0.4 is 0 Å². The summed E-state index contributed by atoms with van der Waals surface area (Å²) in [6.07, 6.45) is 1.68. The van der Waals surface area contributed by atoms with Crippen LogP contribution in [0.2, 0.25) is 0 Å². The summed E-state index contributed by atoms with van der Waals surface area (Å²) < 4.78 is 5.11. The lowest BCUT2D eigenvalue weighted by Gasteiger charge is -1.93. The molecule has 0 saturated heterocycles. The van der Waals surface area contributed by atoms with Crippen LogP contribution in [-0.4, -0.2) is 4.98 Å². The Morgan fingerprint density at radius 1 is 1.56 bits per heavy atom. The SMILES string of the molecule is Cc1coc(C(C)C)n1. The third-order valence-electron chi connectivity index (χ3n) is 1.13. The average Bonchev–Trinajstić information content (AvgIpc) is 2.14. The van der Waals surface area contributed by atoms with Gasteiger partial charge < -0.3 is 4.42 Å². The van der Waals surface area contributed by atoms with Gasteiger partial charge in [0.25, 0.3) is 0 Å². The molecule has 0 aliphatic carbocycles.